The van der Waals surface area contributed by atoms with E-state index in [0.717, 1.165) is 38.1 Å². The van der Waals surface area contributed by atoms with E-state index in [9.17, 15) is 4.79 Å². The van der Waals surface area contributed by atoms with Crippen molar-refractivity contribution >= 4 is 5.91 Å². The largest absolute Gasteiger partial charge is 0.493 e. The van der Waals surface area contributed by atoms with E-state index < -0.39 is 0 Å². The summed E-state index contributed by atoms with van der Waals surface area (Å²) in [5.41, 5.74) is 0. The molecule has 0 bridgehead atoms. The number of hydrogen-bond acceptors (Lipinski definition) is 2. The summed E-state index contributed by atoms with van der Waals surface area (Å²) in [6.07, 6.45) is 7.29. The number of likely N-dealkylation sites (tertiary alicyclic amines) is 1. The Morgan fingerprint density at radius 2 is 2.00 bits per heavy atom. The van der Waals surface area contributed by atoms with Crippen molar-refractivity contribution < 1.29 is 9.53 Å². The minimum absolute atomic E-state index is 0.219. The highest BCUT2D eigenvalue weighted by atomic mass is 16.5. The Labute approximate surface area is 120 Å². The number of rotatable bonds is 4. The highest BCUT2D eigenvalue weighted by Gasteiger charge is 2.34. The Morgan fingerprint density at radius 1 is 1.20 bits per heavy atom. The van der Waals surface area contributed by atoms with Gasteiger partial charge in [0.2, 0.25) is 5.91 Å². The summed E-state index contributed by atoms with van der Waals surface area (Å²) in [7, 11) is 0. The molecule has 1 atom stereocenters. The molecule has 0 spiro atoms. The summed E-state index contributed by atoms with van der Waals surface area (Å²) >= 11 is 0. The zero-order valence-electron chi connectivity index (χ0n) is 11.7. The zero-order chi connectivity index (χ0) is 13.8. The van der Waals surface area contributed by atoms with Crippen LogP contribution in [0.4, 0.5) is 0 Å². The molecule has 1 aromatic carbocycles. The second-order valence-electron chi connectivity index (χ2n) is 5.71. The van der Waals surface area contributed by atoms with E-state index in [1.165, 1.54) is 0 Å². The van der Waals surface area contributed by atoms with Crippen LogP contribution in [0.3, 0.4) is 0 Å². The van der Waals surface area contributed by atoms with Gasteiger partial charge in [0.15, 0.2) is 0 Å². The second-order valence-corrected chi connectivity index (χ2v) is 5.71. The Balaban J connectivity index is 1.40. The summed E-state index contributed by atoms with van der Waals surface area (Å²) in [6, 6.07) is 9.87. The molecule has 106 valence electrons. The van der Waals surface area contributed by atoms with E-state index >= 15 is 0 Å². The standard InChI is InChI=1S/C17H21NO2/c19-17(15-7-3-1-4-8-15)18-11-14(12-18)13-20-16-9-5-2-6-10-16/h1-3,5-6,9-10,14-15H,4,7-8,11-13H2/t15-/m1/s1. The van der Waals surface area contributed by atoms with Gasteiger partial charge in [-0.25, -0.2) is 0 Å². The molecule has 1 aromatic rings. The molecule has 1 saturated heterocycles. The predicted molar refractivity (Wildman–Crippen MR) is 78.5 cm³/mol. The molecule has 1 fully saturated rings. The van der Waals surface area contributed by atoms with Gasteiger partial charge in [-0.05, 0) is 31.4 Å². The van der Waals surface area contributed by atoms with Crippen molar-refractivity contribution in [3.63, 3.8) is 0 Å². The number of amides is 1. The normalized spacial score (nSPS) is 22.4. The lowest BCUT2D eigenvalue weighted by Gasteiger charge is -2.41. The lowest BCUT2D eigenvalue weighted by molar-refractivity contribution is -0.143. The molecular formula is C17H21NO2. The molecule has 3 nitrogen and oxygen atoms in total. The minimum atomic E-state index is 0.219. The van der Waals surface area contributed by atoms with E-state index in [1.54, 1.807) is 0 Å². The van der Waals surface area contributed by atoms with E-state index in [4.69, 9.17) is 4.74 Å². The highest BCUT2D eigenvalue weighted by molar-refractivity contribution is 5.80. The van der Waals surface area contributed by atoms with Crippen molar-refractivity contribution in [3.05, 3.63) is 42.5 Å². The van der Waals surface area contributed by atoms with Gasteiger partial charge in [-0.3, -0.25) is 4.79 Å². The van der Waals surface area contributed by atoms with E-state index in [-0.39, 0.29) is 5.92 Å². The molecule has 0 unspecified atom stereocenters. The molecule has 20 heavy (non-hydrogen) atoms. The highest BCUT2D eigenvalue weighted by Crippen LogP contribution is 2.25. The van der Waals surface area contributed by atoms with Crippen LogP contribution >= 0.6 is 0 Å². The van der Waals surface area contributed by atoms with Crippen LogP contribution in [-0.2, 0) is 4.79 Å². The van der Waals surface area contributed by atoms with Crippen molar-refractivity contribution in [2.24, 2.45) is 11.8 Å². The Kier molecular flexibility index (Phi) is 4.05. The van der Waals surface area contributed by atoms with Crippen molar-refractivity contribution in [1.82, 2.24) is 4.90 Å². The zero-order valence-corrected chi connectivity index (χ0v) is 11.7. The molecule has 1 aliphatic heterocycles. The smallest absolute Gasteiger partial charge is 0.226 e. The predicted octanol–water partition coefficient (Wildman–Crippen LogP) is 2.88. The topological polar surface area (TPSA) is 29.5 Å². The Bertz CT molecular complexity index is 477. The van der Waals surface area contributed by atoms with Crippen LogP contribution in [0.2, 0.25) is 0 Å². The third kappa shape index (κ3) is 3.03. The molecule has 0 radical (unpaired) electrons. The lowest BCUT2D eigenvalue weighted by Crippen LogP contribution is -2.53. The average molecular weight is 271 g/mol. The summed E-state index contributed by atoms with van der Waals surface area (Å²) in [4.78, 5) is 14.2. The fourth-order valence-corrected chi connectivity index (χ4v) is 2.86. The van der Waals surface area contributed by atoms with Crippen LogP contribution in [0.15, 0.2) is 42.5 Å². The minimum Gasteiger partial charge on any atom is -0.493 e. The Morgan fingerprint density at radius 3 is 2.70 bits per heavy atom. The number of ether oxygens (including phenoxy) is 1. The molecule has 1 amide bonds. The van der Waals surface area contributed by atoms with Crippen molar-refractivity contribution in [2.45, 2.75) is 19.3 Å². The molecule has 0 N–H and O–H groups in total. The van der Waals surface area contributed by atoms with Crippen LogP contribution < -0.4 is 4.74 Å². The monoisotopic (exact) mass is 271 g/mol. The van der Waals surface area contributed by atoms with E-state index in [2.05, 4.69) is 12.2 Å². The fraction of sp³-hybridized carbons (Fsp3) is 0.471. The second kappa shape index (κ2) is 6.12. The molecule has 2 aliphatic rings. The molecular weight excluding hydrogens is 250 g/mol. The summed E-state index contributed by atoms with van der Waals surface area (Å²) in [5, 5.41) is 0. The van der Waals surface area contributed by atoms with Crippen LogP contribution in [0.25, 0.3) is 0 Å². The maximum absolute atomic E-state index is 12.3. The number of carbonyl (C=O) groups excluding carboxylic acids is 1. The summed E-state index contributed by atoms with van der Waals surface area (Å²) in [6.45, 7) is 2.41. The molecule has 3 rings (SSSR count). The third-order valence-electron chi connectivity index (χ3n) is 4.12. The maximum Gasteiger partial charge on any atom is 0.226 e. The van der Waals surface area contributed by atoms with Crippen LogP contribution in [0.1, 0.15) is 19.3 Å². The number of para-hydroxylation sites is 1. The lowest BCUT2D eigenvalue weighted by atomic mass is 9.90. The van der Waals surface area contributed by atoms with Gasteiger partial charge in [0, 0.05) is 24.9 Å². The number of nitrogens with zero attached hydrogens (tertiary/aromatic N) is 1. The van der Waals surface area contributed by atoms with Gasteiger partial charge < -0.3 is 9.64 Å². The number of hydrogen-bond donors (Lipinski definition) is 0. The third-order valence-corrected chi connectivity index (χ3v) is 4.12. The van der Waals surface area contributed by atoms with Crippen molar-refractivity contribution in [2.75, 3.05) is 19.7 Å². The van der Waals surface area contributed by atoms with Crippen LogP contribution in [0, 0.1) is 11.8 Å². The van der Waals surface area contributed by atoms with E-state index in [1.807, 2.05) is 35.2 Å². The van der Waals surface area contributed by atoms with Crippen LogP contribution in [-0.4, -0.2) is 30.5 Å². The van der Waals surface area contributed by atoms with Crippen molar-refractivity contribution in [1.29, 1.82) is 0 Å². The van der Waals surface area contributed by atoms with Crippen molar-refractivity contribution in [3.8, 4) is 5.75 Å². The first-order valence-electron chi connectivity index (χ1n) is 7.44. The summed E-state index contributed by atoms with van der Waals surface area (Å²) < 4.78 is 5.73. The van der Waals surface area contributed by atoms with Gasteiger partial charge >= 0.3 is 0 Å². The first-order chi connectivity index (χ1) is 9.83. The molecule has 1 heterocycles. The molecule has 0 aromatic heterocycles. The van der Waals surface area contributed by atoms with Crippen LogP contribution in [0.5, 0.6) is 5.75 Å². The van der Waals surface area contributed by atoms with Gasteiger partial charge in [-0.2, -0.15) is 0 Å². The average Bonchev–Trinajstić information content (AvgIpc) is 2.47. The van der Waals surface area contributed by atoms with E-state index in [0.29, 0.717) is 18.4 Å². The molecule has 3 heteroatoms. The van der Waals surface area contributed by atoms with Gasteiger partial charge in [-0.15, -0.1) is 0 Å². The molecule has 0 saturated carbocycles. The number of carbonyl (C=O) groups is 1. The number of benzene rings is 1. The van der Waals surface area contributed by atoms with Gasteiger partial charge in [-0.1, -0.05) is 30.4 Å². The SMILES string of the molecule is O=C([C@@H]1CC=CCC1)N1CC(COc2ccccc2)C1. The fourth-order valence-electron chi connectivity index (χ4n) is 2.86. The first kappa shape index (κ1) is 13.2. The quantitative estimate of drug-likeness (QED) is 0.788. The first-order valence-corrected chi connectivity index (χ1v) is 7.44. The Hall–Kier alpha value is -1.77. The van der Waals surface area contributed by atoms with Gasteiger partial charge in [0.05, 0.1) is 6.61 Å². The van der Waals surface area contributed by atoms with Gasteiger partial charge in [0.1, 0.15) is 5.75 Å². The summed E-state index contributed by atoms with van der Waals surface area (Å²) in [5.74, 6) is 1.95. The maximum atomic E-state index is 12.3. The molecule has 1 aliphatic carbocycles. The number of allylic oxidation sites excluding steroid dienone is 2. The van der Waals surface area contributed by atoms with Gasteiger partial charge in [0.25, 0.3) is 0 Å².